The quantitative estimate of drug-likeness (QED) is 0.754. The summed E-state index contributed by atoms with van der Waals surface area (Å²) in [6, 6.07) is 9.47. The summed E-state index contributed by atoms with van der Waals surface area (Å²) < 4.78 is 0. The van der Waals surface area contributed by atoms with Gasteiger partial charge in [-0.05, 0) is 23.8 Å². The predicted molar refractivity (Wildman–Crippen MR) is 102 cm³/mol. The Morgan fingerprint density at radius 3 is 2.85 bits per heavy atom. The van der Waals surface area contributed by atoms with E-state index in [4.69, 9.17) is 0 Å². The van der Waals surface area contributed by atoms with Crippen molar-refractivity contribution >= 4 is 23.2 Å². The highest BCUT2D eigenvalue weighted by atomic mass is 32.1. The number of nitrogens with one attached hydrogen (secondary N) is 1. The third-order valence-corrected chi connectivity index (χ3v) is 5.38. The van der Waals surface area contributed by atoms with Crippen LogP contribution in [0.1, 0.15) is 25.5 Å². The fraction of sp³-hybridized carbons (Fsp3) is 0.263. The zero-order chi connectivity index (χ0) is 18.1. The standard InChI is InChI=1S/C19H19N5OS/c1-19(2)12-24(16(19)13-6-5-8-20-10-13)18(25)23-15-11-26-17(22-15)14-7-3-4-9-21-14/h3-11,16H,12H2,1-2H3,(H,23,25). The number of pyridine rings is 2. The molecule has 1 atom stereocenters. The van der Waals surface area contributed by atoms with Crippen LogP contribution in [0.4, 0.5) is 10.6 Å². The fourth-order valence-corrected chi connectivity index (χ4v) is 4.13. The minimum Gasteiger partial charge on any atom is -0.316 e. The Morgan fingerprint density at radius 2 is 2.15 bits per heavy atom. The molecule has 0 aliphatic carbocycles. The number of rotatable bonds is 3. The van der Waals surface area contributed by atoms with Crippen molar-refractivity contribution in [3.8, 4) is 10.7 Å². The molecule has 6 nitrogen and oxygen atoms in total. The maximum Gasteiger partial charge on any atom is 0.323 e. The van der Waals surface area contributed by atoms with Crippen LogP contribution in [0, 0.1) is 5.41 Å². The average molecular weight is 365 g/mol. The fourth-order valence-electron chi connectivity index (χ4n) is 3.40. The lowest BCUT2D eigenvalue weighted by Gasteiger charge is -2.54. The van der Waals surface area contributed by atoms with Crippen LogP contribution in [-0.2, 0) is 0 Å². The second-order valence-corrected chi connectivity index (χ2v) is 7.85. The highest BCUT2D eigenvalue weighted by Gasteiger charge is 2.49. The molecular formula is C19H19N5OS. The highest BCUT2D eigenvalue weighted by molar-refractivity contribution is 7.13. The molecule has 0 radical (unpaired) electrons. The minimum absolute atomic E-state index is 0.00472. The first-order chi connectivity index (χ1) is 12.5. The Kier molecular flexibility index (Phi) is 4.16. The maximum atomic E-state index is 12.8. The van der Waals surface area contributed by atoms with E-state index >= 15 is 0 Å². The maximum absolute atomic E-state index is 12.8. The third-order valence-electron chi connectivity index (χ3n) is 4.51. The van der Waals surface area contributed by atoms with E-state index in [9.17, 15) is 4.79 Å². The molecule has 0 saturated carbocycles. The van der Waals surface area contributed by atoms with Crippen molar-refractivity contribution in [3.63, 3.8) is 0 Å². The number of likely N-dealkylation sites (tertiary alicyclic amines) is 1. The Bertz CT molecular complexity index is 910. The van der Waals surface area contributed by atoms with Crippen LogP contribution in [0.5, 0.6) is 0 Å². The number of anilines is 1. The second-order valence-electron chi connectivity index (χ2n) is 6.99. The molecule has 7 heteroatoms. The molecular weight excluding hydrogens is 346 g/mol. The van der Waals surface area contributed by atoms with Gasteiger partial charge in [-0.3, -0.25) is 15.3 Å². The Hall–Kier alpha value is -2.80. The molecule has 1 saturated heterocycles. The summed E-state index contributed by atoms with van der Waals surface area (Å²) in [5, 5.41) is 5.53. The molecule has 132 valence electrons. The molecule has 0 spiro atoms. The number of carbonyl (C=O) groups is 1. The van der Waals surface area contributed by atoms with Gasteiger partial charge in [0.15, 0.2) is 0 Å². The number of urea groups is 1. The molecule has 1 aliphatic rings. The number of amides is 2. The zero-order valence-corrected chi connectivity index (χ0v) is 15.4. The molecule has 0 bridgehead atoms. The van der Waals surface area contributed by atoms with E-state index in [1.165, 1.54) is 11.3 Å². The largest absolute Gasteiger partial charge is 0.323 e. The molecule has 1 N–H and O–H groups in total. The van der Waals surface area contributed by atoms with Gasteiger partial charge in [0.05, 0.1) is 11.7 Å². The molecule has 4 rings (SSSR count). The van der Waals surface area contributed by atoms with E-state index in [2.05, 4.69) is 34.1 Å². The number of thiazole rings is 1. The average Bonchev–Trinajstić information content (AvgIpc) is 3.10. The summed E-state index contributed by atoms with van der Waals surface area (Å²) in [6.45, 7) is 5.02. The van der Waals surface area contributed by atoms with Gasteiger partial charge in [0, 0.05) is 35.9 Å². The molecule has 1 unspecified atom stereocenters. The molecule has 0 aromatic carbocycles. The highest BCUT2D eigenvalue weighted by Crippen LogP contribution is 2.48. The lowest BCUT2D eigenvalue weighted by Crippen LogP contribution is -2.59. The first-order valence-corrected chi connectivity index (χ1v) is 9.27. The van der Waals surface area contributed by atoms with Crippen LogP contribution in [0.15, 0.2) is 54.3 Å². The van der Waals surface area contributed by atoms with Crippen molar-refractivity contribution in [1.82, 2.24) is 19.9 Å². The van der Waals surface area contributed by atoms with E-state index in [0.29, 0.717) is 12.4 Å². The lowest BCUT2D eigenvalue weighted by atomic mass is 9.72. The van der Waals surface area contributed by atoms with Gasteiger partial charge in [0.1, 0.15) is 10.8 Å². The van der Waals surface area contributed by atoms with E-state index < -0.39 is 0 Å². The minimum atomic E-state index is -0.143. The number of nitrogens with zero attached hydrogens (tertiary/aromatic N) is 4. The van der Waals surface area contributed by atoms with E-state index in [1.807, 2.05) is 46.8 Å². The van der Waals surface area contributed by atoms with E-state index in [-0.39, 0.29) is 17.5 Å². The van der Waals surface area contributed by atoms with E-state index in [1.54, 1.807) is 12.4 Å². The number of hydrogen-bond donors (Lipinski definition) is 1. The van der Waals surface area contributed by atoms with Crippen LogP contribution in [-0.4, -0.2) is 32.4 Å². The lowest BCUT2D eigenvalue weighted by molar-refractivity contribution is -0.0117. The summed E-state index contributed by atoms with van der Waals surface area (Å²) in [5.74, 6) is 0.551. The Balaban J connectivity index is 1.49. The summed E-state index contributed by atoms with van der Waals surface area (Å²) in [4.78, 5) is 27.6. The smallest absolute Gasteiger partial charge is 0.316 e. The molecule has 4 heterocycles. The number of aromatic nitrogens is 3. The van der Waals surface area contributed by atoms with Gasteiger partial charge in [0.25, 0.3) is 0 Å². The number of hydrogen-bond acceptors (Lipinski definition) is 5. The summed E-state index contributed by atoms with van der Waals surface area (Å²) in [7, 11) is 0. The van der Waals surface area contributed by atoms with Crippen molar-refractivity contribution in [2.75, 3.05) is 11.9 Å². The summed E-state index contributed by atoms with van der Waals surface area (Å²) in [5.41, 5.74) is 1.87. The van der Waals surface area contributed by atoms with Crippen LogP contribution < -0.4 is 5.32 Å². The van der Waals surface area contributed by atoms with Gasteiger partial charge >= 0.3 is 6.03 Å². The molecule has 3 aromatic rings. The zero-order valence-electron chi connectivity index (χ0n) is 14.6. The second kappa shape index (κ2) is 6.49. The van der Waals surface area contributed by atoms with Gasteiger partial charge in [0.2, 0.25) is 0 Å². The van der Waals surface area contributed by atoms with Gasteiger partial charge in [-0.2, -0.15) is 0 Å². The van der Waals surface area contributed by atoms with Crippen molar-refractivity contribution in [2.45, 2.75) is 19.9 Å². The van der Waals surface area contributed by atoms with Crippen molar-refractivity contribution in [1.29, 1.82) is 0 Å². The first-order valence-electron chi connectivity index (χ1n) is 8.39. The SMILES string of the molecule is CC1(C)CN(C(=O)Nc2csc(-c3ccccn3)n2)C1c1cccnc1. The van der Waals surface area contributed by atoms with Crippen molar-refractivity contribution in [2.24, 2.45) is 5.41 Å². The van der Waals surface area contributed by atoms with Crippen molar-refractivity contribution < 1.29 is 4.79 Å². The molecule has 2 amide bonds. The topological polar surface area (TPSA) is 71.0 Å². The molecule has 1 fully saturated rings. The van der Waals surface area contributed by atoms with Crippen molar-refractivity contribution in [3.05, 3.63) is 59.9 Å². The van der Waals surface area contributed by atoms with Gasteiger partial charge in [-0.1, -0.05) is 26.0 Å². The van der Waals surface area contributed by atoms with E-state index in [0.717, 1.165) is 16.3 Å². The summed E-state index contributed by atoms with van der Waals surface area (Å²) in [6.07, 6.45) is 5.30. The predicted octanol–water partition coefficient (Wildman–Crippen LogP) is 4.22. The number of carbonyl (C=O) groups excluding carboxylic acids is 1. The third kappa shape index (κ3) is 3.06. The van der Waals surface area contributed by atoms with Gasteiger partial charge in [-0.15, -0.1) is 11.3 Å². The van der Waals surface area contributed by atoms with Gasteiger partial charge in [-0.25, -0.2) is 9.78 Å². The molecule has 1 aliphatic heterocycles. The molecule has 3 aromatic heterocycles. The van der Waals surface area contributed by atoms with Gasteiger partial charge < -0.3 is 4.90 Å². The Labute approximate surface area is 155 Å². The first kappa shape index (κ1) is 16.7. The van der Waals surface area contributed by atoms with Crippen LogP contribution in [0.25, 0.3) is 10.7 Å². The monoisotopic (exact) mass is 365 g/mol. The van der Waals surface area contributed by atoms with Crippen LogP contribution in [0.2, 0.25) is 0 Å². The molecule has 26 heavy (non-hydrogen) atoms. The summed E-state index contributed by atoms with van der Waals surface area (Å²) >= 11 is 1.46. The van der Waals surface area contributed by atoms with Crippen LogP contribution >= 0.6 is 11.3 Å². The normalized spacial score (nSPS) is 18.2. The Morgan fingerprint density at radius 1 is 1.27 bits per heavy atom. The van der Waals surface area contributed by atoms with Crippen LogP contribution in [0.3, 0.4) is 0 Å².